The summed E-state index contributed by atoms with van der Waals surface area (Å²) in [5, 5.41) is 3.04. The molecule has 2 heterocycles. The number of nitrogens with zero attached hydrogens (tertiary/aromatic N) is 3. The molecule has 0 unspecified atom stereocenters. The van der Waals surface area contributed by atoms with Crippen LogP contribution in [0.5, 0.6) is 0 Å². The Hall–Kier alpha value is -3.34. The van der Waals surface area contributed by atoms with Gasteiger partial charge in [-0.1, -0.05) is 42.0 Å². The SMILES string of the molecule is O=C(NCCC1=CCCCC1)c1cnc(-c2ccccc2)nc1-c1ccncc1. The Morgan fingerprint density at radius 1 is 1.00 bits per heavy atom. The molecule has 0 saturated heterocycles. The summed E-state index contributed by atoms with van der Waals surface area (Å²) < 4.78 is 0. The third-order valence-electron chi connectivity index (χ3n) is 5.14. The molecule has 1 aromatic carbocycles. The van der Waals surface area contributed by atoms with Crippen LogP contribution < -0.4 is 5.32 Å². The van der Waals surface area contributed by atoms with Gasteiger partial charge < -0.3 is 5.32 Å². The van der Waals surface area contributed by atoms with Crippen LogP contribution in [0, 0.1) is 0 Å². The van der Waals surface area contributed by atoms with Crippen molar-refractivity contribution in [3.63, 3.8) is 0 Å². The zero-order valence-corrected chi connectivity index (χ0v) is 16.3. The van der Waals surface area contributed by atoms with Crippen LogP contribution in [0.15, 0.2) is 72.7 Å². The number of aromatic nitrogens is 3. The highest BCUT2D eigenvalue weighted by atomic mass is 16.1. The van der Waals surface area contributed by atoms with Crippen molar-refractivity contribution in [2.45, 2.75) is 32.1 Å². The molecular weight excluding hydrogens is 360 g/mol. The molecule has 0 bridgehead atoms. The Kier molecular flexibility index (Phi) is 6.05. The fourth-order valence-electron chi connectivity index (χ4n) is 3.57. The molecule has 5 nitrogen and oxygen atoms in total. The van der Waals surface area contributed by atoms with Gasteiger partial charge in [0.1, 0.15) is 0 Å². The number of nitrogens with one attached hydrogen (secondary N) is 1. The molecule has 2 aromatic heterocycles. The summed E-state index contributed by atoms with van der Waals surface area (Å²) in [5.41, 5.74) is 4.31. The summed E-state index contributed by atoms with van der Waals surface area (Å²) in [5.74, 6) is 0.453. The Labute approximate surface area is 171 Å². The lowest BCUT2D eigenvalue weighted by molar-refractivity contribution is 0.0954. The van der Waals surface area contributed by atoms with Crippen LogP contribution >= 0.6 is 0 Å². The van der Waals surface area contributed by atoms with E-state index < -0.39 is 0 Å². The van der Waals surface area contributed by atoms with Crippen molar-refractivity contribution < 1.29 is 4.79 Å². The normalized spacial score (nSPS) is 13.6. The van der Waals surface area contributed by atoms with Crippen LogP contribution in [0.4, 0.5) is 0 Å². The molecule has 29 heavy (non-hydrogen) atoms. The quantitative estimate of drug-likeness (QED) is 0.618. The lowest BCUT2D eigenvalue weighted by atomic mass is 9.97. The molecule has 0 radical (unpaired) electrons. The molecular formula is C24H24N4O. The van der Waals surface area contributed by atoms with Gasteiger partial charge in [0.15, 0.2) is 5.82 Å². The largest absolute Gasteiger partial charge is 0.352 e. The fourth-order valence-corrected chi connectivity index (χ4v) is 3.57. The van der Waals surface area contributed by atoms with Gasteiger partial charge in [-0.2, -0.15) is 0 Å². The van der Waals surface area contributed by atoms with Gasteiger partial charge in [0.25, 0.3) is 5.91 Å². The molecule has 1 N–H and O–H groups in total. The Morgan fingerprint density at radius 3 is 2.59 bits per heavy atom. The smallest absolute Gasteiger partial charge is 0.255 e. The van der Waals surface area contributed by atoms with Crippen molar-refractivity contribution in [2.75, 3.05) is 6.54 Å². The van der Waals surface area contributed by atoms with Gasteiger partial charge >= 0.3 is 0 Å². The molecule has 3 aromatic rings. The van der Waals surface area contributed by atoms with E-state index in [2.05, 4.69) is 21.4 Å². The monoisotopic (exact) mass is 384 g/mol. The molecule has 0 fully saturated rings. The Bertz CT molecular complexity index is 1000. The summed E-state index contributed by atoms with van der Waals surface area (Å²) in [6.45, 7) is 0.626. The lowest BCUT2D eigenvalue weighted by Crippen LogP contribution is -2.26. The van der Waals surface area contributed by atoms with Crippen molar-refractivity contribution in [1.29, 1.82) is 0 Å². The predicted octanol–water partition coefficient (Wildman–Crippen LogP) is 4.83. The third kappa shape index (κ3) is 4.74. The number of hydrogen-bond acceptors (Lipinski definition) is 4. The summed E-state index contributed by atoms with van der Waals surface area (Å²) in [7, 11) is 0. The fraction of sp³-hybridized carbons (Fsp3) is 0.250. The van der Waals surface area contributed by atoms with Gasteiger partial charge in [-0.25, -0.2) is 9.97 Å². The first-order valence-corrected chi connectivity index (χ1v) is 10.1. The van der Waals surface area contributed by atoms with E-state index in [0.29, 0.717) is 23.6 Å². The number of carbonyl (C=O) groups excluding carboxylic acids is 1. The second-order valence-electron chi connectivity index (χ2n) is 7.17. The Balaban J connectivity index is 1.58. The van der Waals surface area contributed by atoms with Gasteiger partial charge in [0.05, 0.1) is 11.3 Å². The van der Waals surface area contributed by atoms with Gasteiger partial charge in [-0.05, 0) is 44.2 Å². The van der Waals surface area contributed by atoms with Crippen molar-refractivity contribution in [2.24, 2.45) is 0 Å². The standard InChI is InChI=1S/C24H24N4O/c29-24(26-16-11-18-7-3-1-4-8-18)21-17-27-23(20-9-5-2-6-10-20)28-22(21)19-12-14-25-15-13-19/h2,5-7,9-10,12-15,17H,1,3-4,8,11,16H2,(H,26,29). The first kappa shape index (κ1) is 19.0. The number of amides is 1. The first-order valence-electron chi connectivity index (χ1n) is 10.1. The molecule has 5 heteroatoms. The summed E-state index contributed by atoms with van der Waals surface area (Å²) >= 11 is 0. The van der Waals surface area contributed by atoms with E-state index >= 15 is 0 Å². The number of carbonyl (C=O) groups is 1. The molecule has 0 saturated carbocycles. The third-order valence-corrected chi connectivity index (χ3v) is 5.14. The van der Waals surface area contributed by atoms with E-state index in [1.165, 1.54) is 18.4 Å². The van der Waals surface area contributed by atoms with E-state index in [1.807, 2.05) is 42.5 Å². The highest BCUT2D eigenvalue weighted by Crippen LogP contribution is 2.24. The number of pyridine rings is 1. The molecule has 1 amide bonds. The maximum Gasteiger partial charge on any atom is 0.255 e. The van der Waals surface area contributed by atoms with Crippen LogP contribution in [-0.4, -0.2) is 27.4 Å². The van der Waals surface area contributed by atoms with Crippen LogP contribution in [0.25, 0.3) is 22.6 Å². The van der Waals surface area contributed by atoms with Crippen LogP contribution in [0.2, 0.25) is 0 Å². The number of allylic oxidation sites excluding steroid dienone is 1. The van der Waals surface area contributed by atoms with Crippen molar-refractivity contribution in [1.82, 2.24) is 20.3 Å². The number of rotatable bonds is 6. The van der Waals surface area contributed by atoms with Crippen LogP contribution in [0.3, 0.4) is 0 Å². The van der Waals surface area contributed by atoms with Gasteiger partial charge in [-0.3, -0.25) is 9.78 Å². The van der Waals surface area contributed by atoms with E-state index in [9.17, 15) is 4.79 Å². The summed E-state index contributed by atoms with van der Waals surface area (Å²) in [6.07, 6.45) is 13.1. The highest BCUT2D eigenvalue weighted by Gasteiger charge is 2.17. The second kappa shape index (κ2) is 9.24. The van der Waals surface area contributed by atoms with E-state index in [1.54, 1.807) is 18.6 Å². The van der Waals surface area contributed by atoms with E-state index in [-0.39, 0.29) is 5.91 Å². The highest BCUT2D eigenvalue weighted by molar-refractivity contribution is 5.99. The second-order valence-corrected chi connectivity index (χ2v) is 7.17. The minimum absolute atomic E-state index is 0.146. The van der Waals surface area contributed by atoms with Gasteiger partial charge in [0.2, 0.25) is 0 Å². The van der Waals surface area contributed by atoms with Crippen molar-refractivity contribution >= 4 is 5.91 Å². The van der Waals surface area contributed by atoms with Gasteiger partial charge in [-0.15, -0.1) is 0 Å². The van der Waals surface area contributed by atoms with E-state index in [0.717, 1.165) is 30.4 Å². The molecule has 4 rings (SSSR count). The minimum Gasteiger partial charge on any atom is -0.352 e. The molecule has 146 valence electrons. The predicted molar refractivity (Wildman–Crippen MR) is 114 cm³/mol. The molecule has 1 aliphatic rings. The topological polar surface area (TPSA) is 67.8 Å². The van der Waals surface area contributed by atoms with Gasteiger partial charge in [0, 0.05) is 36.3 Å². The summed E-state index contributed by atoms with van der Waals surface area (Å²) in [6, 6.07) is 13.5. The summed E-state index contributed by atoms with van der Waals surface area (Å²) in [4.78, 5) is 26.2. The average Bonchev–Trinajstić information content (AvgIpc) is 2.80. The zero-order chi connectivity index (χ0) is 19.9. The average molecular weight is 384 g/mol. The molecule has 0 aliphatic heterocycles. The molecule has 0 atom stereocenters. The maximum atomic E-state index is 12.9. The number of hydrogen-bond donors (Lipinski definition) is 1. The Morgan fingerprint density at radius 2 is 1.83 bits per heavy atom. The maximum absolute atomic E-state index is 12.9. The molecule has 0 spiro atoms. The molecule has 1 aliphatic carbocycles. The van der Waals surface area contributed by atoms with Crippen LogP contribution in [0.1, 0.15) is 42.5 Å². The zero-order valence-electron chi connectivity index (χ0n) is 16.3. The van der Waals surface area contributed by atoms with Crippen molar-refractivity contribution in [3.05, 3.63) is 78.3 Å². The lowest BCUT2D eigenvalue weighted by Gasteiger charge is -2.14. The minimum atomic E-state index is -0.146. The van der Waals surface area contributed by atoms with Crippen LogP contribution in [-0.2, 0) is 0 Å². The van der Waals surface area contributed by atoms with Crippen molar-refractivity contribution in [3.8, 4) is 22.6 Å². The number of benzene rings is 1. The first-order chi connectivity index (χ1) is 14.3. The van der Waals surface area contributed by atoms with E-state index in [4.69, 9.17) is 4.98 Å².